The van der Waals surface area contributed by atoms with E-state index in [0.717, 1.165) is 16.6 Å². The number of nitrogens with one attached hydrogen (secondary N) is 1. The van der Waals surface area contributed by atoms with Gasteiger partial charge in [-0.1, -0.05) is 48.5 Å². The third kappa shape index (κ3) is 3.73. The number of benzene rings is 3. The average Bonchev–Trinajstić information content (AvgIpc) is 3.28. The normalized spacial score (nSPS) is 15.2. The summed E-state index contributed by atoms with van der Waals surface area (Å²) >= 11 is 0. The fourth-order valence-electron chi connectivity index (χ4n) is 4.15. The van der Waals surface area contributed by atoms with Crippen molar-refractivity contribution in [2.75, 3.05) is 16.8 Å². The lowest BCUT2D eigenvalue weighted by Gasteiger charge is -2.16. The number of para-hydroxylation sites is 2. The molecule has 0 saturated carbocycles. The predicted molar refractivity (Wildman–Crippen MR) is 121 cm³/mol. The number of rotatable bonds is 6. The zero-order chi connectivity index (χ0) is 22.1. The van der Waals surface area contributed by atoms with Crippen molar-refractivity contribution in [2.45, 2.75) is 18.9 Å². The SMILES string of the molecule is O=C(C[C@H]1C(=O)N(CCc2ccccc2)c2nc3ccccc3n21)Nc1cccc(F)c1. The first-order chi connectivity index (χ1) is 15.6. The highest BCUT2D eigenvalue weighted by atomic mass is 19.1. The van der Waals surface area contributed by atoms with Crippen LogP contribution in [-0.2, 0) is 16.0 Å². The molecule has 1 aromatic heterocycles. The summed E-state index contributed by atoms with van der Waals surface area (Å²) in [4.78, 5) is 32.4. The minimum atomic E-state index is -0.707. The molecular formula is C25H21FN4O2. The number of carbonyl (C=O) groups is 2. The van der Waals surface area contributed by atoms with E-state index in [1.54, 1.807) is 11.0 Å². The van der Waals surface area contributed by atoms with Crippen molar-refractivity contribution in [1.29, 1.82) is 0 Å². The molecule has 32 heavy (non-hydrogen) atoms. The van der Waals surface area contributed by atoms with Crippen molar-refractivity contribution >= 4 is 34.5 Å². The topological polar surface area (TPSA) is 67.2 Å². The van der Waals surface area contributed by atoms with Gasteiger partial charge in [-0.25, -0.2) is 9.37 Å². The predicted octanol–water partition coefficient (Wildman–Crippen LogP) is 4.33. The summed E-state index contributed by atoms with van der Waals surface area (Å²) in [6.45, 7) is 0.466. The van der Waals surface area contributed by atoms with Gasteiger partial charge in [0.2, 0.25) is 11.9 Å². The number of carbonyl (C=O) groups excluding carboxylic acids is 2. The van der Waals surface area contributed by atoms with Gasteiger partial charge in [0.1, 0.15) is 11.9 Å². The van der Waals surface area contributed by atoms with E-state index >= 15 is 0 Å². The van der Waals surface area contributed by atoms with Gasteiger partial charge in [-0.2, -0.15) is 0 Å². The largest absolute Gasteiger partial charge is 0.326 e. The fraction of sp³-hybridized carbons (Fsp3) is 0.160. The highest BCUT2D eigenvalue weighted by molar-refractivity contribution is 6.05. The van der Waals surface area contributed by atoms with Crippen LogP contribution in [0.2, 0.25) is 0 Å². The van der Waals surface area contributed by atoms with E-state index in [4.69, 9.17) is 0 Å². The Morgan fingerprint density at radius 1 is 1.00 bits per heavy atom. The minimum absolute atomic E-state index is 0.0649. The second-order valence-electron chi connectivity index (χ2n) is 7.77. The Kier molecular flexibility index (Phi) is 5.15. The molecule has 0 saturated heterocycles. The summed E-state index contributed by atoms with van der Waals surface area (Å²) in [6.07, 6.45) is 0.614. The first-order valence-electron chi connectivity index (χ1n) is 10.5. The van der Waals surface area contributed by atoms with Crippen LogP contribution in [0.25, 0.3) is 11.0 Å². The summed E-state index contributed by atoms with van der Waals surface area (Å²) in [5.41, 5.74) is 3.06. The summed E-state index contributed by atoms with van der Waals surface area (Å²) in [5.74, 6) is -0.406. The summed E-state index contributed by atoms with van der Waals surface area (Å²) in [5, 5.41) is 2.69. The van der Waals surface area contributed by atoms with Crippen LogP contribution in [0.1, 0.15) is 18.0 Å². The molecule has 7 heteroatoms. The number of anilines is 2. The second kappa shape index (κ2) is 8.26. The van der Waals surface area contributed by atoms with Crippen LogP contribution >= 0.6 is 0 Å². The molecule has 1 aliphatic heterocycles. The van der Waals surface area contributed by atoms with Gasteiger partial charge in [-0.15, -0.1) is 0 Å². The molecule has 1 N–H and O–H groups in total. The molecule has 0 bridgehead atoms. The number of amides is 2. The summed E-state index contributed by atoms with van der Waals surface area (Å²) < 4.78 is 15.3. The minimum Gasteiger partial charge on any atom is -0.326 e. The molecule has 160 valence electrons. The first kappa shape index (κ1) is 19.9. The third-order valence-electron chi connectivity index (χ3n) is 5.64. The number of imidazole rings is 1. The summed E-state index contributed by atoms with van der Waals surface area (Å²) in [6, 6.07) is 22.5. The van der Waals surface area contributed by atoms with Gasteiger partial charge in [0.25, 0.3) is 5.91 Å². The molecule has 6 nitrogen and oxygen atoms in total. The molecule has 0 unspecified atom stereocenters. The lowest BCUT2D eigenvalue weighted by atomic mass is 10.1. The number of nitrogens with zero attached hydrogens (tertiary/aromatic N) is 3. The maximum Gasteiger partial charge on any atom is 0.253 e. The molecule has 5 rings (SSSR count). The zero-order valence-corrected chi connectivity index (χ0v) is 17.2. The van der Waals surface area contributed by atoms with Crippen molar-refractivity contribution in [3.05, 3.63) is 90.2 Å². The highest BCUT2D eigenvalue weighted by Crippen LogP contribution is 2.36. The van der Waals surface area contributed by atoms with Gasteiger partial charge in [-0.05, 0) is 42.3 Å². The molecule has 1 aliphatic rings. The molecule has 4 aromatic rings. The molecular weight excluding hydrogens is 407 g/mol. The van der Waals surface area contributed by atoms with Crippen LogP contribution < -0.4 is 10.2 Å². The maximum absolute atomic E-state index is 13.5. The van der Waals surface area contributed by atoms with E-state index in [0.29, 0.717) is 24.6 Å². The fourth-order valence-corrected chi connectivity index (χ4v) is 4.15. The molecule has 0 aliphatic carbocycles. The maximum atomic E-state index is 13.5. The molecule has 0 fully saturated rings. The first-order valence-corrected chi connectivity index (χ1v) is 10.5. The van der Waals surface area contributed by atoms with Gasteiger partial charge in [0.05, 0.1) is 17.5 Å². The lowest BCUT2D eigenvalue weighted by molar-refractivity contribution is -0.124. The Labute approximate surface area is 184 Å². The van der Waals surface area contributed by atoms with Crippen LogP contribution in [0, 0.1) is 5.82 Å². The Hall–Kier alpha value is -4.00. The standard InChI is InChI=1S/C25H21FN4O2/c26-18-9-6-10-19(15-18)27-23(31)16-22-24(32)29(14-13-17-7-2-1-3-8-17)25-28-20-11-4-5-12-21(20)30(22)25/h1-12,15,22H,13-14,16H2,(H,27,31)/t22-/m0/s1. The van der Waals surface area contributed by atoms with Crippen molar-refractivity contribution in [2.24, 2.45) is 0 Å². The van der Waals surface area contributed by atoms with Crippen LogP contribution in [0.5, 0.6) is 0 Å². The van der Waals surface area contributed by atoms with E-state index in [1.165, 1.54) is 18.2 Å². The Morgan fingerprint density at radius 3 is 2.59 bits per heavy atom. The Morgan fingerprint density at radius 2 is 1.78 bits per heavy atom. The Bertz CT molecular complexity index is 1300. The van der Waals surface area contributed by atoms with Crippen LogP contribution in [0.3, 0.4) is 0 Å². The zero-order valence-electron chi connectivity index (χ0n) is 17.2. The number of fused-ring (bicyclic) bond motifs is 3. The number of hydrogen-bond acceptors (Lipinski definition) is 3. The smallest absolute Gasteiger partial charge is 0.253 e. The van der Waals surface area contributed by atoms with Gasteiger partial charge in [0.15, 0.2) is 0 Å². The van der Waals surface area contributed by atoms with Gasteiger partial charge in [0, 0.05) is 12.2 Å². The van der Waals surface area contributed by atoms with E-state index < -0.39 is 11.9 Å². The van der Waals surface area contributed by atoms with Crippen LogP contribution in [-0.4, -0.2) is 27.9 Å². The third-order valence-corrected chi connectivity index (χ3v) is 5.64. The van der Waals surface area contributed by atoms with Gasteiger partial charge < -0.3 is 5.32 Å². The molecule has 1 atom stereocenters. The van der Waals surface area contributed by atoms with Crippen molar-refractivity contribution in [1.82, 2.24) is 9.55 Å². The van der Waals surface area contributed by atoms with Gasteiger partial charge in [-0.3, -0.25) is 19.1 Å². The van der Waals surface area contributed by atoms with Crippen molar-refractivity contribution in [3.63, 3.8) is 0 Å². The number of aromatic nitrogens is 2. The van der Waals surface area contributed by atoms with Crippen molar-refractivity contribution in [3.8, 4) is 0 Å². The average molecular weight is 428 g/mol. The van der Waals surface area contributed by atoms with E-state index in [-0.39, 0.29) is 18.2 Å². The van der Waals surface area contributed by atoms with Gasteiger partial charge >= 0.3 is 0 Å². The monoisotopic (exact) mass is 428 g/mol. The van der Waals surface area contributed by atoms with Crippen LogP contribution in [0.4, 0.5) is 16.0 Å². The molecule has 0 radical (unpaired) electrons. The van der Waals surface area contributed by atoms with E-state index in [9.17, 15) is 14.0 Å². The number of hydrogen-bond donors (Lipinski definition) is 1. The van der Waals surface area contributed by atoms with E-state index in [2.05, 4.69) is 10.3 Å². The molecule has 0 spiro atoms. The lowest BCUT2D eigenvalue weighted by Crippen LogP contribution is -2.33. The van der Waals surface area contributed by atoms with Crippen LogP contribution in [0.15, 0.2) is 78.9 Å². The second-order valence-corrected chi connectivity index (χ2v) is 7.77. The molecule has 2 amide bonds. The Balaban J connectivity index is 1.42. The molecule has 2 heterocycles. The highest BCUT2D eigenvalue weighted by Gasteiger charge is 2.40. The van der Waals surface area contributed by atoms with Crippen molar-refractivity contribution < 1.29 is 14.0 Å². The number of halogens is 1. The summed E-state index contributed by atoms with van der Waals surface area (Å²) in [7, 11) is 0. The van der Waals surface area contributed by atoms with E-state index in [1.807, 2.05) is 59.2 Å². The molecule has 3 aromatic carbocycles. The quantitative estimate of drug-likeness (QED) is 0.497.